The molecule has 0 aliphatic carbocycles. The number of nitrogens with zero attached hydrogens (tertiary/aromatic N) is 1. The minimum Gasteiger partial charge on any atom is -0.497 e. The predicted octanol–water partition coefficient (Wildman–Crippen LogP) is 4.92. The Morgan fingerprint density at radius 2 is 1.48 bits per heavy atom. The smallest absolute Gasteiger partial charge is 0.272 e. The topological polar surface area (TPSA) is 55.8 Å². The number of anilines is 1. The van der Waals surface area contributed by atoms with Gasteiger partial charge in [-0.05, 0) is 23.3 Å². The number of carbonyl (C=O) groups is 2. The monoisotopic (exact) mass is 431 g/mol. The Kier molecular flexibility index (Phi) is 6.09. The molecule has 0 atom stereocenters. The van der Waals surface area contributed by atoms with Gasteiger partial charge >= 0.3 is 0 Å². The van der Waals surface area contributed by atoms with Gasteiger partial charge in [0.25, 0.3) is 11.8 Å². The quantitative estimate of drug-likeness (QED) is 0.497. The van der Waals surface area contributed by atoms with Gasteiger partial charge in [-0.15, -0.1) is 11.8 Å². The maximum Gasteiger partial charge on any atom is 0.272 e. The van der Waals surface area contributed by atoms with Gasteiger partial charge in [-0.25, -0.2) is 4.90 Å². The summed E-state index contributed by atoms with van der Waals surface area (Å²) in [5, 5.41) is 0. The zero-order valence-corrected chi connectivity index (χ0v) is 18.0. The SMILES string of the molecule is COc1ccc(OC)c(N2C(=O)C(SCc3ccccc3)=C(c3ccccc3)C2=O)c1. The van der Waals surface area contributed by atoms with Crippen LogP contribution < -0.4 is 14.4 Å². The van der Waals surface area contributed by atoms with E-state index in [1.54, 1.807) is 18.2 Å². The largest absolute Gasteiger partial charge is 0.497 e. The number of rotatable bonds is 7. The van der Waals surface area contributed by atoms with Crippen LogP contribution in [-0.2, 0) is 15.3 Å². The summed E-state index contributed by atoms with van der Waals surface area (Å²) in [6.07, 6.45) is 0. The fourth-order valence-corrected chi connectivity index (χ4v) is 4.49. The Morgan fingerprint density at radius 3 is 2.13 bits per heavy atom. The highest BCUT2D eigenvalue weighted by molar-refractivity contribution is 8.03. The molecule has 5 nitrogen and oxygen atoms in total. The van der Waals surface area contributed by atoms with E-state index in [9.17, 15) is 9.59 Å². The number of thioether (sulfide) groups is 1. The van der Waals surface area contributed by atoms with Gasteiger partial charge in [0.1, 0.15) is 11.5 Å². The van der Waals surface area contributed by atoms with E-state index in [1.807, 2.05) is 60.7 Å². The first-order valence-electron chi connectivity index (χ1n) is 9.71. The maximum absolute atomic E-state index is 13.5. The third kappa shape index (κ3) is 4.07. The molecule has 156 valence electrons. The Morgan fingerprint density at radius 1 is 0.806 bits per heavy atom. The van der Waals surface area contributed by atoms with Crippen LogP contribution >= 0.6 is 11.8 Å². The van der Waals surface area contributed by atoms with E-state index in [0.717, 1.165) is 5.56 Å². The lowest BCUT2D eigenvalue weighted by Gasteiger charge is -2.19. The summed E-state index contributed by atoms with van der Waals surface area (Å²) < 4.78 is 10.7. The average molecular weight is 432 g/mol. The van der Waals surface area contributed by atoms with E-state index in [-0.39, 0.29) is 11.8 Å². The molecule has 0 fully saturated rings. The molecule has 3 aromatic carbocycles. The molecule has 0 aromatic heterocycles. The molecule has 0 saturated heterocycles. The van der Waals surface area contributed by atoms with Gasteiger partial charge < -0.3 is 9.47 Å². The molecule has 0 N–H and O–H groups in total. The predicted molar refractivity (Wildman–Crippen MR) is 123 cm³/mol. The minimum absolute atomic E-state index is 0.362. The summed E-state index contributed by atoms with van der Waals surface area (Å²) in [6.45, 7) is 0. The molecular formula is C25H21NO4S. The molecule has 4 rings (SSSR count). The van der Waals surface area contributed by atoms with Crippen molar-refractivity contribution in [2.45, 2.75) is 5.75 Å². The van der Waals surface area contributed by atoms with Crippen LogP contribution in [0, 0.1) is 0 Å². The van der Waals surface area contributed by atoms with Crippen molar-refractivity contribution >= 4 is 34.8 Å². The van der Waals surface area contributed by atoms with Gasteiger partial charge in [-0.3, -0.25) is 9.59 Å². The number of imide groups is 1. The van der Waals surface area contributed by atoms with Crippen LogP contribution in [0.25, 0.3) is 5.57 Å². The number of amides is 2. The number of hydrogen-bond donors (Lipinski definition) is 0. The van der Waals surface area contributed by atoms with Crippen LogP contribution in [0.5, 0.6) is 11.5 Å². The van der Waals surface area contributed by atoms with Crippen molar-refractivity contribution in [3.63, 3.8) is 0 Å². The van der Waals surface area contributed by atoms with Crippen molar-refractivity contribution in [3.8, 4) is 11.5 Å². The minimum atomic E-state index is -0.377. The molecule has 0 spiro atoms. The highest BCUT2D eigenvalue weighted by atomic mass is 32.2. The van der Waals surface area contributed by atoms with Crippen LogP contribution in [0.4, 0.5) is 5.69 Å². The van der Waals surface area contributed by atoms with E-state index < -0.39 is 0 Å². The second-order valence-electron chi connectivity index (χ2n) is 6.83. The van der Waals surface area contributed by atoms with Crippen molar-refractivity contribution in [2.24, 2.45) is 0 Å². The van der Waals surface area contributed by atoms with Crippen LogP contribution in [0.2, 0.25) is 0 Å². The van der Waals surface area contributed by atoms with E-state index in [2.05, 4.69) is 0 Å². The average Bonchev–Trinajstić information content (AvgIpc) is 3.07. The van der Waals surface area contributed by atoms with Crippen molar-refractivity contribution in [3.05, 3.63) is 94.9 Å². The molecule has 1 aliphatic heterocycles. The lowest BCUT2D eigenvalue weighted by Crippen LogP contribution is -2.31. The molecule has 31 heavy (non-hydrogen) atoms. The van der Waals surface area contributed by atoms with Crippen LogP contribution in [0.3, 0.4) is 0 Å². The number of benzene rings is 3. The summed E-state index contributed by atoms with van der Waals surface area (Å²) in [5.74, 6) is 0.788. The van der Waals surface area contributed by atoms with Crippen LogP contribution in [0.1, 0.15) is 11.1 Å². The third-order valence-corrected chi connectivity index (χ3v) is 6.10. The molecule has 0 unspecified atom stereocenters. The van der Waals surface area contributed by atoms with Crippen LogP contribution in [-0.4, -0.2) is 26.0 Å². The number of carbonyl (C=O) groups excluding carboxylic acids is 2. The fourth-order valence-electron chi connectivity index (χ4n) is 3.42. The Labute approximate surface area is 185 Å². The first-order valence-corrected chi connectivity index (χ1v) is 10.7. The Bertz CT molecular complexity index is 1140. The molecule has 0 saturated carbocycles. The molecule has 0 radical (unpaired) electrons. The molecule has 6 heteroatoms. The maximum atomic E-state index is 13.5. The summed E-state index contributed by atoms with van der Waals surface area (Å²) in [7, 11) is 3.04. The normalized spacial score (nSPS) is 13.7. The van der Waals surface area contributed by atoms with Gasteiger partial charge in [0.2, 0.25) is 0 Å². The lowest BCUT2D eigenvalue weighted by atomic mass is 10.1. The Hall–Kier alpha value is -3.51. The highest BCUT2D eigenvalue weighted by Gasteiger charge is 2.41. The van der Waals surface area contributed by atoms with Gasteiger partial charge in [0.05, 0.1) is 30.4 Å². The van der Waals surface area contributed by atoms with Crippen molar-refractivity contribution < 1.29 is 19.1 Å². The van der Waals surface area contributed by atoms with Gasteiger partial charge in [-0.2, -0.15) is 0 Å². The van der Waals surface area contributed by atoms with E-state index in [1.165, 1.54) is 30.9 Å². The first-order chi connectivity index (χ1) is 15.1. The van der Waals surface area contributed by atoms with Crippen molar-refractivity contribution in [2.75, 3.05) is 19.1 Å². The summed E-state index contributed by atoms with van der Waals surface area (Å²) in [5.41, 5.74) is 2.54. The molecular weight excluding hydrogens is 410 g/mol. The van der Waals surface area contributed by atoms with Crippen molar-refractivity contribution in [1.82, 2.24) is 0 Å². The first kappa shape index (κ1) is 20.8. The van der Waals surface area contributed by atoms with Gasteiger partial charge in [0, 0.05) is 11.8 Å². The standard InChI is InChI=1S/C25H21NO4S/c1-29-19-13-14-21(30-2)20(15-19)26-24(27)22(18-11-7-4-8-12-18)23(25(26)28)31-16-17-9-5-3-6-10-17/h3-15H,16H2,1-2H3. The molecule has 1 aliphatic rings. The molecule has 0 bridgehead atoms. The lowest BCUT2D eigenvalue weighted by molar-refractivity contribution is -0.119. The fraction of sp³-hybridized carbons (Fsp3) is 0.120. The zero-order valence-electron chi connectivity index (χ0n) is 17.2. The number of methoxy groups -OCH3 is 2. The number of hydrogen-bond acceptors (Lipinski definition) is 5. The highest BCUT2D eigenvalue weighted by Crippen LogP contribution is 2.43. The summed E-state index contributed by atoms with van der Waals surface area (Å²) in [6, 6.07) is 24.2. The zero-order chi connectivity index (χ0) is 21.8. The van der Waals surface area contributed by atoms with E-state index in [4.69, 9.17) is 9.47 Å². The Balaban J connectivity index is 1.77. The molecule has 1 heterocycles. The third-order valence-electron chi connectivity index (χ3n) is 4.96. The van der Waals surface area contributed by atoms with E-state index >= 15 is 0 Å². The van der Waals surface area contributed by atoms with Crippen LogP contribution in [0.15, 0.2) is 83.8 Å². The van der Waals surface area contributed by atoms with Gasteiger partial charge in [0.15, 0.2) is 0 Å². The second-order valence-corrected chi connectivity index (χ2v) is 7.81. The number of ether oxygens (including phenoxy) is 2. The molecule has 2 amide bonds. The van der Waals surface area contributed by atoms with Gasteiger partial charge in [-0.1, -0.05) is 60.7 Å². The summed E-state index contributed by atoms with van der Waals surface area (Å²) >= 11 is 1.37. The summed E-state index contributed by atoms with van der Waals surface area (Å²) in [4.78, 5) is 28.7. The van der Waals surface area contributed by atoms with E-state index in [0.29, 0.717) is 39.0 Å². The second kappa shape index (κ2) is 9.10. The van der Waals surface area contributed by atoms with Crippen molar-refractivity contribution in [1.29, 1.82) is 0 Å². The molecule has 3 aromatic rings.